The maximum absolute atomic E-state index is 12.4. The Morgan fingerprint density at radius 3 is 2.68 bits per heavy atom. The van der Waals surface area contributed by atoms with Crippen molar-refractivity contribution in [3.05, 3.63) is 46.4 Å². The molecule has 3 N–H and O–H groups in total. The number of likely N-dealkylation sites (tertiary alicyclic amines) is 1. The van der Waals surface area contributed by atoms with Crippen LogP contribution in [0.2, 0.25) is 5.02 Å². The van der Waals surface area contributed by atoms with Crippen LogP contribution in [0.5, 0.6) is 0 Å². The quantitative estimate of drug-likeness (QED) is 0.638. The van der Waals surface area contributed by atoms with Crippen LogP contribution in [-0.4, -0.2) is 76.7 Å². The second-order valence-corrected chi connectivity index (χ2v) is 10.8. The molecule has 8 nitrogen and oxygen atoms in total. The number of benzene rings is 1. The maximum atomic E-state index is 12.4. The minimum absolute atomic E-state index is 0.000496. The zero-order valence-electron chi connectivity index (χ0n) is 20.0. The first kappa shape index (κ1) is 25.3. The number of aliphatic hydroxyl groups is 1. The van der Waals surface area contributed by atoms with Gasteiger partial charge in [-0.15, -0.1) is 0 Å². The van der Waals surface area contributed by atoms with E-state index in [9.17, 15) is 9.90 Å². The summed E-state index contributed by atoms with van der Waals surface area (Å²) in [7, 11) is 3.38. The van der Waals surface area contributed by atoms with E-state index >= 15 is 0 Å². The predicted octanol–water partition coefficient (Wildman–Crippen LogP) is 3.11. The highest BCUT2D eigenvalue weighted by molar-refractivity contribution is 7.99. The van der Waals surface area contributed by atoms with Crippen LogP contribution in [0.4, 0.5) is 0 Å². The number of ether oxygens (including phenoxy) is 1. The summed E-state index contributed by atoms with van der Waals surface area (Å²) >= 11 is 7.88. The Morgan fingerprint density at radius 2 is 2.09 bits per heavy atom. The van der Waals surface area contributed by atoms with E-state index in [1.807, 2.05) is 24.8 Å². The number of amides is 1. The van der Waals surface area contributed by atoms with Gasteiger partial charge in [-0.2, -0.15) is 0 Å². The number of hydrogen-bond acceptors (Lipinski definition) is 8. The van der Waals surface area contributed by atoms with Crippen molar-refractivity contribution in [1.29, 1.82) is 0 Å². The molecule has 1 spiro atoms. The molecule has 34 heavy (non-hydrogen) atoms. The molecule has 1 unspecified atom stereocenters. The van der Waals surface area contributed by atoms with Gasteiger partial charge in [0.25, 0.3) is 5.91 Å². The van der Waals surface area contributed by atoms with E-state index < -0.39 is 6.23 Å². The van der Waals surface area contributed by atoms with Crippen LogP contribution < -0.4 is 5.73 Å². The number of rotatable bonds is 5. The Bertz CT molecular complexity index is 1060. The second-order valence-electron chi connectivity index (χ2n) is 9.42. The van der Waals surface area contributed by atoms with Crippen LogP contribution in [0, 0.1) is 12.3 Å². The normalized spacial score (nSPS) is 23.3. The summed E-state index contributed by atoms with van der Waals surface area (Å²) in [6.07, 6.45) is 2.63. The molecule has 2 aliphatic heterocycles. The lowest BCUT2D eigenvalue weighted by Gasteiger charge is -2.42. The topological polar surface area (TPSA) is 105 Å². The van der Waals surface area contributed by atoms with Gasteiger partial charge in [-0.1, -0.05) is 29.4 Å². The van der Waals surface area contributed by atoms with Crippen molar-refractivity contribution in [2.24, 2.45) is 11.1 Å². The minimum atomic E-state index is -0.830. The first-order valence-electron chi connectivity index (χ1n) is 11.4. The monoisotopic (exact) mass is 505 g/mol. The van der Waals surface area contributed by atoms with E-state index in [0.717, 1.165) is 30.8 Å². The first-order valence-corrected chi connectivity index (χ1v) is 12.6. The molecule has 2 fully saturated rings. The van der Waals surface area contributed by atoms with E-state index in [2.05, 4.69) is 9.97 Å². The second kappa shape index (κ2) is 10.1. The van der Waals surface area contributed by atoms with Crippen LogP contribution in [0.3, 0.4) is 0 Å². The molecule has 184 valence electrons. The van der Waals surface area contributed by atoms with Crippen molar-refractivity contribution < 1.29 is 14.6 Å². The Balaban J connectivity index is 1.45. The Morgan fingerprint density at radius 1 is 1.38 bits per heavy atom. The van der Waals surface area contributed by atoms with Crippen molar-refractivity contribution >= 4 is 29.3 Å². The fraction of sp³-hybridized carbons (Fsp3) is 0.542. The van der Waals surface area contributed by atoms with Gasteiger partial charge in [0, 0.05) is 43.5 Å². The number of halogens is 1. The van der Waals surface area contributed by atoms with E-state index in [0.29, 0.717) is 33.6 Å². The van der Waals surface area contributed by atoms with Gasteiger partial charge in [0.2, 0.25) is 0 Å². The highest BCUT2D eigenvalue weighted by Gasteiger charge is 2.48. The number of hydrogen-bond donors (Lipinski definition) is 2. The summed E-state index contributed by atoms with van der Waals surface area (Å²) in [5.41, 5.74) is 8.06. The first-order chi connectivity index (χ1) is 16.1. The van der Waals surface area contributed by atoms with Crippen LogP contribution in [0.25, 0.3) is 0 Å². The van der Waals surface area contributed by atoms with Crippen LogP contribution in [0.1, 0.15) is 47.7 Å². The Hall–Kier alpha value is -1.75. The molecule has 2 aliphatic rings. The van der Waals surface area contributed by atoms with E-state index in [-0.39, 0.29) is 23.5 Å². The average Bonchev–Trinajstić information content (AvgIpc) is 3.09. The highest BCUT2D eigenvalue weighted by atomic mass is 35.5. The van der Waals surface area contributed by atoms with Crippen molar-refractivity contribution in [1.82, 2.24) is 19.8 Å². The van der Waals surface area contributed by atoms with Gasteiger partial charge in [0.05, 0.1) is 35.2 Å². The standard InChI is InChI=1S/C24H32ClN5O3S/c1-14-21(34-18-7-5-6-16(19(18)25)22(31)29(3)4)27-12-17(28-14)23(32)30-10-8-24(9-11-30)13-33-15(2)20(24)26/h5-7,12,15,20,23,32H,8-11,13,26H2,1-4H3/t15-,20+,23?/m0/s1. The highest BCUT2D eigenvalue weighted by Crippen LogP contribution is 2.42. The van der Waals surface area contributed by atoms with Crippen molar-refractivity contribution in [2.45, 2.75) is 55.0 Å². The van der Waals surface area contributed by atoms with Gasteiger partial charge in [-0.3, -0.25) is 9.69 Å². The number of piperidine rings is 1. The lowest BCUT2D eigenvalue weighted by molar-refractivity contribution is -0.0430. The summed E-state index contributed by atoms with van der Waals surface area (Å²) in [5.74, 6) is -0.156. The number of aromatic nitrogens is 2. The smallest absolute Gasteiger partial charge is 0.254 e. The van der Waals surface area contributed by atoms with Crippen LogP contribution in [0.15, 0.2) is 34.3 Å². The summed E-state index contributed by atoms with van der Waals surface area (Å²) in [5, 5.41) is 12.0. The van der Waals surface area contributed by atoms with Crippen LogP contribution in [-0.2, 0) is 4.74 Å². The number of carbonyl (C=O) groups is 1. The predicted molar refractivity (Wildman–Crippen MR) is 132 cm³/mol. The van der Waals surface area contributed by atoms with Gasteiger partial charge in [-0.25, -0.2) is 9.97 Å². The fourth-order valence-corrected chi connectivity index (χ4v) is 5.86. The Kier molecular flexibility index (Phi) is 7.52. The third kappa shape index (κ3) is 4.82. The molecule has 0 aliphatic carbocycles. The molecule has 3 heterocycles. The number of carbonyl (C=O) groups excluding carboxylic acids is 1. The maximum Gasteiger partial charge on any atom is 0.254 e. The third-order valence-electron chi connectivity index (χ3n) is 6.98. The van der Waals surface area contributed by atoms with Crippen LogP contribution >= 0.6 is 23.4 Å². The van der Waals surface area contributed by atoms with Crippen molar-refractivity contribution in [3.8, 4) is 0 Å². The molecule has 0 bridgehead atoms. The summed E-state index contributed by atoms with van der Waals surface area (Å²) in [6, 6.07) is 5.39. The lowest BCUT2D eigenvalue weighted by atomic mass is 9.73. The molecule has 1 amide bonds. The minimum Gasteiger partial charge on any atom is -0.376 e. The van der Waals surface area contributed by atoms with Crippen molar-refractivity contribution in [3.63, 3.8) is 0 Å². The van der Waals surface area contributed by atoms with Gasteiger partial charge < -0.3 is 20.5 Å². The van der Waals surface area contributed by atoms with Crippen molar-refractivity contribution in [2.75, 3.05) is 33.8 Å². The summed E-state index contributed by atoms with van der Waals surface area (Å²) in [6.45, 7) is 6.03. The molecule has 1 aromatic heterocycles. The van der Waals surface area contributed by atoms with Gasteiger partial charge >= 0.3 is 0 Å². The molecule has 0 saturated carbocycles. The lowest BCUT2D eigenvalue weighted by Crippen LogP contribution is -2.51. The van der Waals surface area contributed by atoms with Gasteiger partial charge in [0.1, 0.15) is 10.7 Å². The van der Waals surface area contributed by atoms with Gasteiger partial charge in [-0.05, 0) is 38.8 Å². The average molecular weight is 506 g/mol. The Labute approximate surface area is 209 Å². The molecular weight excluding hydrogens is 474 g/mol. The molecule has 10 heteroatoms. The molecular formula is C24H32ClN5O3S. The molecule has 2 aromatic rings. The van der Waals surface area contributed by atoms with E-state index in [1.54, 1.807) is 32.4 Å². The number of nitrogens with two attached hydrogens (primary N) is 1. The van der Waals surface area contributed by atoms with E-state index in [4.69, 9.17) is 22.1 Å². The number of aryl methyl sites for hydroxylation is 1. The molecule has 0 radical (unpaired) electrons. The molecule has 1 aromatic carbocycles. The van der Waals surface area contributed by atoms with Gasteiger partial charge in [0.15, 0.2) is 6.23 Å². The largest absolute Gasteiger partial charge is 0.376 e. The third-order valence-corrected chi connectivity index (χ3v) is 8.65. The summed E-state index contributed by atoms with van der Waals surface area (Å²) < 4.78 is 5.80. The summed E-state index contributed by atoms with van der Waals surface area (Å²) in [4.78, 5) is 25.8. The SMILES string of the molecule is Cc1nc(C(O)N2CCC3(CC2)CO[C@@H](C)[C@H]3N)cnc1Sc1cccc(C(=O)N(C)C)c1Cl. The van der Waals surface area contributed by atoms with E-state index in [1.165, 1.54) is 16.7 Å². The molecule has 3 atom stereocenters. The zero-order valence-corrected chi connectivity index (χ0v) is 21.6. The zero-order chi connectivity index (χ0) is 24.6. The molecule has 2 saturated heterocycles. The molecule has 4 rings (SSSR count). The number of nitrogens with zero attached hydrogens (tertiary/aromatic N) is 4. The fourth-order valence-electron chi connectivity index (χ4n) is 4.69. The number of aliphatic hydroxyl groups excluding tert-OH is 1.